The van der Waals surface area contributed by atoms with Crippen molar-refractivity contribution in [2.45, 2.75) is 13.1 Å². The fourth-order valence-corrected chi connectivity index (χ4v) is 2.26. The molecule has 0 unspecified atom stereocenters. The van der Waals surface area contributed by atoms with Crippen LogP contribution in [0.3, 0.4) is 0 Å². The number of nitrogens with one attached hydrogen (secondary N) is 2. The second-order valence-electron chi connectivity index (χ2n) is 5.40. The van der Waals surface area contributed by atoms with Crippen molar-refractivity contribution in [3.05, 3.63) is 78.3 Å². The summed E-state index contributed by atoms with van der Waals surface area (Å²) in [5, 5.41) is 6.42. The second-order valence-corrected chi connectivity index (χ2v) is 5.40. The molecule has 0 amide bonds. The van der Waals surface area contributed by atoms with E-state index in [0.29, 0.717) is 19.0 Å². The van der Waals surface area contributed by atoms with Crippen LogP contribution in [-0.4, -0.2) is 27.5 Å². The molecule has 0 bridgehead atoms. The predicted octanol–water partition coefficient (Wildman–Crippen LogP) is 2.89. The van der Waals surface area contributed by atoms with E-state index in [2.05, 4.69) is 25.6 Å². The predicted molar refractivity (Wildman–Crippen MR) is 110 cm³/mol. The molecule has 0 spiro atoms. The van der Waals surface area contributed by atoms with Gasteiger partial charge < -0.3 is 10.6 Å². The van der Waals surface area contributed by atoms with Gasteiger partial charge in [-0.1, -0.05) is 18.2 Å². The summed E-state index contributed by atoms with van der Waals surface area (Å²) in [7, 11) is 1.71. The van der Waals surface area contributed by atoms with Gasteiger partial charge in [0.05, 0.1) is 0 Å². The van der Waals surface area contributed by atoms with Crippen LogP contribution < -0.4 is 10.6 Å². The SMILES string of the molecule is CN=C(NCc1ccc(F)cc1)NCc1ccc(-n2ccnc2)nc1.I. The van der Waals surface area contributed by atoms with Crippen LogP contribution in [0.1, 0.15) is 11.1 Å². The van der Waals surface area contributed by atoms with E-state index in [-0.39, 0.29) is 29.8 Å². The van der Waals surface area contributed by atoms with E-state index in [9.17, 15) is 4.39 Å². The van der Waals surface area contributed by atoms with E-state index >= 15 is 0 Å². The van der Waals surface area contributed by atoms with Crippen molar-refractivity contribution in [3.63, 3.8) is 0 Å². The van der Waals surface area contributed by atoms with E-state index < -0.39 is 0 Å². The summed E-state index contributed by atoms with van der Waals surface area (Å²) in [5.41, 5.74) is 2.02. The molecule has 0 atom stereocenters. The fourth-order valence-electron chi connectivity index (χ4n) is 2.26. The van der Waals surface area contributed by atoms with E-state index in [1.165, 1.54) is 12.1 Å². The molecule has 2 aromatic heterocycles. The van der Waals surface area contributed by atoms with Gasteiger partial charge in [-0.05, 0) is 29.3 Å². The largest absolute Gasteiger partial charge is 0.352 e. The van der Waals surface area contributed by atoms with E-state index in [0.717, 1.165) is 16.9 Å². The molecule has 3 rings (SSSR count). The van der Waals surface area contributed by atoms with Gasteiger partial charge in [-0.3, -0.25) is 9.56 Å². The highest BCUT2D eigenvalue weighted by atomic mass is 127. The Morgan fingerprint density at radius 2 is 1.77 bits per heavy atom. The number of aromatic nitrogens is 3. The lowest BCUT2D eigenvalue weighted by Crippen LogP contribution is -2.36. The van der Waals surface area contributed by atoms with Gasteiger partial charge in [-0.15, -0.1) is 24.0 Å². The van der Waals surface area contributed by atoms with Crippen LogP contribution in [-0.2, 0) is 13.1 Å². The first-order chi connectivity index (χ1) is 12.2. The van der Waals surface area contributed by atoms with Gasteiger partial charge in [-0.2, -0.15) is 0 Å². The maximum Gasteiger partial charge on any atom is 0.191 e. The number of aliphatic imine (C=N–C) groups is 1. The van der Waals surface area contributed by atoms with Crippen LogP contribution in [0.25, 0.3) is 5.82 Å². The Labute approximate surface area is 168 Å². The summed E-state index contributed by atoms with van der Waals surface area (Å²) in [6.07, 6.45) is 7.09. The van der Waals surface area contributed by atoms with Crippen molar-refractivity contribution in [3.8, 4) is 5.82 Å². The highest BCUT2D eigenvalue weighted by Gasteiger charge is 2.01. The molecule has 0 fully saturated rings. The van der Waals surface area contributed by atoms with Gasteiger partial charge in [0.2, 0.25) is 0 Å². The Balaban J connectivity index is 0.00000243. The Morgan fingerprint density at radius 3 is 2.35 bits per heavy atom. The van der Waals surface area contributed by atoms with Crippen molar-refractivity contribution >= 4 is 29.9 Å². The molecular weight excluding hydrogens is 446 g/mol. The highest BCUT2D eigenvalue weighted by molar-refractivity contribution is 14.0. The summed E-state index contributed by atoms with van der Waals surface area (Å²) in [4.78, 5) is 12.6. The number of rotatable bonds is 5. The van der Waals surface area contributed by atoms with Crippen molar-refractivity contribution in [2.75, 3.05) is 7.05 Å². The molecule has 2 N–H and O–H groups in total. The average Bonchev–Trinajstić information content (AvgIpc) is 3.18. The topological polar surface area (TPSA) is 67.1 Å². The molecule has 2 heterocycles. The van der Waals surface area contributed by atoms with Crippen LogP contribution in [0.2, 0.25) is 0 Å². The molecule has 6 nitrogen and oxygen atoms in total. The zero-order valence-corrected chi connectivity index (χ0v) is 16.6. The number of guanidine groups is 1. The fraction of sp³-hybridized carbons (Fsp3) is 0.167. The van der Waals surface area contributed by atoms with Gasteiger partial charge in [0.1, 0.15) is 18.0 Å². The summed E-state index contributed by atoms with van der Waals surface area (Å²) in [6, 6.07) is 10.3. The molecule has 3 aromatic rings. The highest BCUT2D eigenvalue weighted by Crippen LogP contribution is 2.05. The zero-order valence-electron chi connectivity index (χ0n) is 14.3. The Kier molecular flexibility index (Phi) is 7.52. The van der Waals surface area contributed by atoms with Gasteiger partial charge in [-0.25, -0.2) is 14.4 Å². The molecule has 0 radical (unpaired) electrons. The lowest BCUT2D eigenvalue weighted by atomic mass is 10.2. The lowest BCUT2D eigenvalue weighted by molar-refractivity contribution is 0.626. The third-order valence-electron chi connectivity index (χ3n) is 3.63. The van der Waals surface area contributed by atoms with Gasteiger partial charge in [0, 0.05) is 38.7 Å². The number of nitrogens with zero attached hydrogens (tertiary/aromatic N) is 4. The summed E-state index contributed by atoms with van der Waals surface area (Å²) >= 11 is 0. The number of halogens is 2. The molecule has 8 heteroatoms. The van der Waals surface area contributed by atoms with Gasteiger partial charge >= 0.3 is 0 Å². The van der Waals surface area contributed by atoms with Crippen LogP contribution in [0.15, 0.2) is 66.3 Å². The van der Waals surface area contributed by atoms with E-state index in [4.69, 9.17) is 0 Å². The maximum atomic E-state index is 12.9. The minimum absolute atomic E-state index is 0. The smallest absolute Gasteiger partial charge is 0.191 e. The number of imidazole rings is 1. The minimum Gasteiger partial charge on any atom is -0.352 e. The first kappa shape index (κ1) is 19.8. The van der Waals surface area contributed by atoms with Crippen LogP contribution >= 0.6 is 24.0 Å². The lowest BCUT2D eigenvalue weighted by Gasteiger charge is -2.12. The van der Waals surface area contributed by atoms with Gasteiger partial charge in [0.25, 0.3) is 0 Å². The summed E-state index contributed by atoms with van der Waals surface area (Å²) in [5.74, 6) is 1.25. The van der Waals surface area contributed by atoms with Crippen LogP contribution in [0.5, 0.6) is 0 Å². The van der Waals surface area contributed by atoms with Gasteiger partial charge in [0.15, 0.2) is 5.96 Å². The van der Waals surface area contributed by atoms with E-state index in [1.54, 1.807) is 31.7 Å². The molecule has 136 valence electrons. The van der Waals surface area contributed by atoms with E-state index in [1.807, 2.05) is 29.1 Å². The van der Waals surface area contributed by atoms with Crippen LogP contribution in [0.4, 0.5) is 4.39 Å². The molecular formula is C18H20FIN6. The van der Waals surface area contributed by atoms with Crippen molar-refractivity contribution in [2.24, 2.45) is 4.99 Å². The molecule has 0 aliphatic rings. The van der Waals surface area contributed by atoms with Crippen LogP contribution in [0, 0.1) is 5.82 Å². The standard InChI is InChI=1S/C18H19FN6.HI/c1-20-18(23-10-14-2-5-16(19)6-3-14)24-12-15-4-7-17(22-11-15)25-9-8-21-13-25;/h2-9,11,13H,10,12H2,1H3,(H2,20,23,24);1H. The quantitative estimate of drug-likeness (QED) is 0.345. The van der Waals surface area contributed by atoms with Crippen molar-refractivity contribution in [1.29, 1.82) is 0 Å². The second kappa shape index (κ2) is 9.85. The third-order valence-corrected chi connectivity index (χ3v) is 3.63. The molecule has 0 saturated heterocycles. The normalized spacial score (nSPS) is 10.9. The first-order valence-electron chi connectivity index (χ1n) is 7.87. The molecule has 0 saturated carbocycles. The zero-order chi connectivity index (χ0) is 17.5. The molecule has 1 aromatic carbocycles. The number of benzene rings is 1. The Morgan fingerprint density at radius 1 is 1.08 bits per heavy atom. The molecule has 0 aliphatic heterocycles. The minimum atomic E-state index is -0.238. The number of hydrogen-bond donors (Lipinski definition) is 2. The Hall–Kier alpha value is -2.49. The molecule has 0 aliphatic carbocycles. The number of hydrogen-bond acceptors (Lipinski definition) is 3. The third kappa shape index (κ3) is 5.51. The number of pyridine rings is 1. The average molecular weight is 466 g/mol. The van der Waals surface area contributed by atoms with Crippen molar-refractivity contribution < 1.29 is 4.39 Å². The summed E-state index contributed by atoms with van der Waals surface area (Å²) in [6.45, 7) is 1.16. The van der Waals surface area contributed by atoms with Crippen molar-refractivity contribution in [1.82, 2.24) is 25.2 Å². The summed E-state index contributed by atoms with van der Waals surface area (Å²) < 4.78 is 14.8. The monoisotopic (exact) mass is 466 g/mol. The molecule has 26 heavy (non-hydrogen) atoms. The Bertz CT molecular complexity index is 816. The first-order valence-corrected chi connectivity index (χ1v) is 7.87. The maximum absolute atomic E-state index is 12.9.